The number of rotatable bonds is 7. The summed E-state index contributed by atoms with van der Waals surface area (Å²) >= 11 is 0. The number of carboxylic acid groups (broad SMARTS) is 1. The van der Waals surface area contributed by atoms with Crippen molar-refractivity contribution in [2.45, 2.75) is 25.8 Å². The summed E-state index contributed by atoms with van der Waals surface area (Å²) in [7, 11) is 2.17. The van der Waals surface area contributed by atoms with Crippen LogP contribution in [-0.4, -0.2) is 49.2 Å². The molecule has 1 saturated carbocycles. The van der Waals surface area contributed by atoms with Crippen LogP contribution in [0.3, 0.4) is 0 Å². The fourth-order valence-corrected chi connectivity index (χ4v) is 2.01. The van der Waals surface area contributed by atoms with Crippen molar-refractivity contribution in [2.75, 3.05) is 14.2 Å². The van der Waals surface area contributed by atoms with Gasteiger partial charge in [-0.15, -0.1) is 0 Å². The van der Waals surface area contributed by atoms with Crippen molar-refractivity contribution >= 4 is 23.8 Å². The second kappa shape index (κ2) is 7.05. The number of amides is 1. The second-order valence-corrected chi connectivity index (χ2v) is 4.98. The van der Waals surface area contributed by atoms with E-state index in [1.165, 1.54) is 6.92 Å². The normalized spacial score (nSPS) is 16.8. The summed E-state index contributed by atoms with van der Waals surface area (Å²) in [5.41, 5.74) is 0. The number of esters is 2. The van der Waals surface area contributed by atoms with E-state index in [0.29, 0.717) is 12.8 Å². The maximum absolute atomic E-state index is 11.7. The van der Waals surface area contributed by atoms with E-state index in [-0.39, 0.29) is 11.8 Å². The molecule has 0 aliphatic heterocycles. The van der Waals surface area contributed by atoms with Gasteiger partial charge in [0.1, 0.15) is 6.04 Å². The van der Waals surface area contributed by atoms with Crippen molar-refractivity contribution in [3.05, 3.63) is 0 Å². The van der Waals surface area contributed by atoms with Crippen LogP contribution < -0.4 is 5.32 Å². The first-order chi connectivity index (χ1) is 9.83. The molecule has 21 heavy (non-hydrogen) atoms. The highest BCUT2D eigenvalue weighted by Crippen LogP contribution is 2.29. The van der Waals surface area contributed by atoms with Gasteiger partial charge in [-0.25, -0.2) is 4.79 Å². The monoisotopic (exact) mass is 301 g/mol. The first-order valence-electron chi connectivity index (χ1n) is 6.52. The third kappa shape index (κ3) is 4.17. The minimum atomic E-state index is -1.42. The van der Waals surface area contributed by atoms with E-state index < -0.39 is 35.8 Å². The van der Waals surface area contributed by atoms with Gasteiger partial charge in [-0.05, 0) is 12.8 Å². The van der Waals surface area contributed by atoms with Crippen LogP contribution in [0.15, 0.2) is 0 Å². The van der Waals surface area contributed by atoms with Crippen LogP contribution in [0.5, 0.6) is 0 Å². The quantitative estimate of drug-likeness (QED) is 0.483. The largest absolute Gasteiger partial charge is 0.480 e. The third-order valence-electron chi connectivity index (χ3n) is 3.47. The van der Waals surface area contributed by atoms with Crippen molar-refractivity contribution < 1.29 is 33.8 Å². The molecule has 0 spiro atoms. The maximum Gasteiger partial charge on any atom is 0.326 e. The number of hydrogen-bond donors (Lipinski definition) is 2. The second-order valence-electron chi connectivity index (χ2n) is 4.98. The Balaban J connectivity index is 2.91. The van der Waals surface area contributed by atoms with Gasteiger partial charge in [0.15, 0.2) is 5.92 Å². The topological polar surface area (TPSA) is 119 Å². The molecule has 1 aliphatic rings. The lowest BCUT2D eigenvalue weighted by Crippen LogP contribution is -2.50. The number of carbonyl (C=O) groups is 4. The van der Waals surface area contributed by atoms with Gasteiger partial charge in [0, 0.05) is 11.8 Å². The van der Waals surface area contributed by atoms with Crippen LogP contribution in [0.2, 0.25) is 0 Å². The van der Waals surface area contributed by atoms with Crippen molar-refractivity contribution in [2.24, 2.45) is 17.8 Å². The smallest absolute Gasteiger partial charge is 0.326 e. The van der Waals surface area contributed by atoms with Crippen molar-refractivity contribution in [1.29, 1.82) is 0 Å². The molecule has 0 aromatic rings. The number of hydrogen-bond acceptors (Lipinski definition) is 6. The Morgan fingerprint density at radius 3 is 1.90 bits per heavy atom. The molecule has 2 atom stereocenters. The van der Waals surface area contributed by atoms with Crippen molar-refractivity contribution in [3.63, 3.8) is 0 Å². The van der Waals surface area contributed by atoms with E-state index in [0.717, 1.165) is 14.2 Å². The summed E-state index contributed by atoms with van der Waals surface area (Å²) in [4.78, 5) is 46.4. The van der Waals surface area contributed by atoms with Crippen molar-refractivity contribution in [1.82, 2.24) is 5.32 Å². The minimum Gasteiger partial charge on any atom is -0.480 e. The summed E-state index contributed by atoms with van der Waals surface area (Å²) < 4.78 is 9.01. The fourth-order valence-electron chi connectivity index (χ4n) is 2.01. The zero-order chi connectivity index (χ0) is 16.2. The third-order valence-corrected chi connectivity index (χ3v) is 3.47. The SMILES string of the molecule is COC(=O)C(C(=O)OC)[C@@H](C)[C@@H](NC(=O)C1CC1)C(=O)O. The van der Waals surface area contributed by atoms with Crippen LogP contribution in [0.4, 0.5) is 0 Å². The maximum atomic E-state index is 11.7. The number of carboxylic acids is 1. The molecule has 8 nitrogen and oxygen atoms in total. The van der Waals surface area contributed by atoms with Crippen LogP contribution in [0, 0.1) is 17.8 Å². The zero-order valence-corrected chi connectivity index (χ0v) is 12.1. The molecule has 1 aliphatic carbocycles. The lowest BCUT2D eigenvalue weighted by molar-refractivity contribution is -0.163. The van der Waals surface area contributed by atoms with E-state index in [9.17, 15) is 24.3 Å². The van der Waals surface area contributed by atoms with Crippen LogP contribution in [0.25, 0.3) is 0 Å². The number of aliphatic carboxylic acids is 1. The van der Waals surface area contributed by atoms with Gasteiger partial charge >= 0.3 is 17.9 Å². The van der Waals surface area contributed by atoms with Gasteiger partial charge in [-0.3, -0.25) is 14.4 Å². The first-order valence-corrected chi connectivity index (χ1v) is 6.52. The van der Waals surface area contributed by atoms with Crippen LogP contribution in [-0.2, 0) is 28.7 Å². The standard InChI is InChI=1S/C13H19NO7/c1-6(8(12(18)20-2)13(19)21-3)9(11(16)17)14-10(15)7-4-5-7/h6-9H,4-5H2,1-3H3,(H,14,15)(H,16,17)/t6-,9-/m1/s1. The Labute approximate surface area is 121 Å². The van der Waals surface area contributed by atoms with Gasteiger partial charge < -0.3 is 19.9 Å². The average Bonchev–Trinajstić information content (AvgIpc) is 3.27. The van der Waals surface area contributed by atoms with Gasteiger partial charge in [-0.1, -0.05) is 6.92 Å². The summed E-state index contributed by atoms with van der Waals surface area (Å²) in [5, 5.41) is 11.6. The predicted octanol–water partition coefficient (Wildman–Crippen LogP) is -0.436. The van der Waals surface area contributed by atoms with Gasteiger partial charge in [0.2, 0.25) is 5.91 Å². The highest BCUT2D eigenvalue weighted by molar-refractivity contribution is 5.96. The molecular formula is C13H19NO7. The van der Waals surface area contributed by atoms with Gasteiger partial charge in [-0.2, -0.15) is 0 Å². The molecule has 2 N–H and O–H groups in total. The lowest BCUT2D eigenvalue weighted by Gasteiger charge is -2.26. The summed E-state index contributed by atoms with van der Waals surface area (Å²) in [6.07, 6.45) is 1.42. The van der Waals surface area contributed by atoms with Gasteiger partial charge in [0.05, 0.1) is 14.2 Å². The first kappa shape index (κ1) is 16.9. The van der Waals surface area contributed by atoms with E-state index in [2.05, 4.69) is 14.8 Å². The summed E-state index contributed by atoms with van der Waals surface area (Å²) in [5.74, 6) is -6.13. The van der Waals surface area contributed by atoms with Crippen LogP contribution >= 0.6 is 0 Å². The molecule has 0 unspecified atom stereocenters. The molecule has 0 saturated heterocycles. The molecule has 0 bridgehead atoms. The molecule has 0 heterocycles. The Morgan fingerprint density at radius 2 is 1.57 bits per heavy atom. The van der Waals surface area contributed by atoms with E-state index in [1.54, 1.807) is 0 Å². The molecule has 0 radical (unpaired) electrons. The Hall–Kier alpha value is -2.12. The molecule has 1 amide bonds. The molecule has 1 fully saturated rings. The van der Waals surface area contributed by atoms with E-state index in [1.807, 2.05) is 0 Å². The zero-order valence-electron chi connectivity index (χ0n) is 12.1. The Kier molecular flexibility index (Phi) is 5.69. The number of methoxy groups -OCH3 is 2. The van der Waals surface area contributed by atoms with Gasteiger partial charge in [0.25, 0.3) is 0 Å². The minimum absolute atomic E-state index is 0.186. The molecular weight excluding hydrogens is 282 g/mol. The van der Waals surface area contributed by atoms with E-state index in [4.69, 9.17) is 0 Å². The molecule has 0 aromatic carbocycles. The number of ether oxygens (including phenoxy) is 2. The van der Waals surface area contributed by atoms with Crippen molar-refractivity contribution in [3.8, 4) is 0 Å². The number of nitrogens with one attached hydrogen (secondary N) is 1. The Morgan fingerprint density at radius 1 is 1.10 bits per heavy atom. The molecule has 8 heteroatoms. The molecule has 1 rings (SSSR count). The molecule has 0 aromatic heterocycles. The van der Waals surface area contributed by atoms with Crippen LogP contribution in [0.1, 0.15) is 19.8 Å². The van der Waals surface area contributed by atoms with E-state index >= 15 is 0 Å². The fraction of sp³-hybridized carbons (Fsp3) is 0.692. The summed E-state index contributed by atoms with van der Waals surface area (Å²) in [6, 6.07) is -1.37. The highest BCUT2D eigenvalue weighted by atomic mass is 16.5. The lowest BCUT2D eigenvalue weighted by atomic mass is 9.87. The summed E-state index contributed by atoms with van der Waals surface area (Å²) in [6.45, 7) is 1.38. The highest BCUT2D eigenvalue weighted by Gasteiger charge is 2.43. The Bertz CT molecular complexity index is 428. The molecule has 118 valence electrons. The predicted molar refractivity (Wildman–Crippen MR) is 69.0 cm³/mol. The number of carbonyl (C=O) groups excluding carboxylic acids is 3. The average molecular weight is 301 g/mol.